The van der Waals surface area contributed by atoms with Gasteiger partial charge in [-0.2, -0.15) is 13.2 Å². The van der Waals surface area contributed by atoms with Gasteiger partial charge in [-0.15, -0.1) is 0 Å². The Hall–Kier alpha value is -4.90. The Morgan fingerprint density at radius 2 is 1.62 bits per heavy atom. The molecule has 1 aromatic rings. The number of carbonyl (C=O) groups is 6. The van der Waals surface area contributed by atoms with Crippen LogP contribution in [-0.2, 0) is 28.8 Å². The number of amides is 5. The van der Waals surface area contributed by atoms with Crippen molar-refractivity contribution in [2.45, 2.75) is 83.2 Å². The van der Waals surface area contributed by atoms with Crippen molar-refractivity contribution in [3.63, 3.8) is 0 Å². The van der Waals surface area contributed by atoms with Gasteiger partial charge in [0.05, 0.1) is 0 Å². The third kappa shape index (κ3) is 13.4. The highest BCUT2D eigenvalue weighted by Crippen LogP contribution is 2.17. The van der Waals surface area contributed by atoms with E-state index in [2.05, 4.69) is 36.9 Å². The van der Waals surface area contributed by atoms with Crippen LogP contribution in [0.15, 0.2) is 35.3 Å². The minimum atomic E-state index is -5.08. The van der Waals surface area contributed by atoms with E-state index >= 15 is 0 Å². The van der Waals surface area contributed by atoms with Crippen molar-refractivity contribution in [2.75, 3.05) is 20.1 Å². The van der Waals surface area contributed by atoms with E-state index in [0.29, 0.717) is 18.5 Å². The standard InChI is InChI=1S/C28H44N8O5.C2HF3O2/c1-6-19-23(38)35-21(18-11-8-7-9-12-18)25(40)31-16-14-28(4,36-22(37)17(2)3)26(41)34-20(24(39)33-19)13-10-15-32-27(29)30-5;3-2(4,5)1(6)7/h7-9,11-12,17,19-21H,6,10,13-16H2,1-5H3,(H,31,40)(H,33,39)(H,34,41)(H,35,38)(H,36,37)(H3,29,30,32);(H,6,7)/t19?,20?,21-,28-;/m1./s1. The molecule has 2 unspecified atom stereocenters. The number of alkyl halides is 3. The number of hydrogen-bond donors (Lipinski definition) is 8. The Morgan fingerprint density at radius 3 is 2.15 bits per heavy atom. The van der Waals surface area contributed by atoms with Crippen LogP contribution in [-0.4, -0.2) is 90.5 Å². The lowest BCUT2D eigenvalue weighted by atomic mass is 9.94. The Balaban J connectivity index is 0.00000148. The molecule has 1 aliphatic heterocycles. The van der Waals surface area contributed by atoms with Gasteiger partial charge >= 0.3 is 12.1 Å². The molecule has 1 saturated heterocycles. The molecule has 1 fully saturated rings. The summed E-state index contributed by atoms with van der Waals surface area (Å²) >= 11 is 0. The van der Waals surface area contributed by atoms with Crippen LogP contribution in [0.1, 0.15) is 65.0 Å². The van der Waals surface area contributed by atoms with E-state index in [1.54, 1.807) is 65.1 Å². The molecule has 1 aliphatic rings. The number of guanidine groups is 1. The van der Waals surface area contributed by atoms with Crippen LogP contribution in [0.5, 0.6) is 0 Å². The van der Waals surface area contributed by atoms with Crippen LogP contribution in [0, 0.1) is 5.92 Å². The SMILES string of the molecule is CCC1NC(=O)C(CCCNC(N)=NC)NC(=O)[C@](C)(NC(=O)C(C)C)CCNC(=O)[C@@H](c2ccccc2)NC1=O.O=C(O)C(F)(F)F. The second-order valence-corrected chi connectivity index (χ2v) is 11.3. The summed E-state index contributed by atoms with van der Waals surface area (Å²) in [5, 5.41) is 23.9. The van der Waals surface area contributed by atoms with Crippen LogP contribution in [0.3, 0.4) is 0 Å². The number of nitrogens with one attached hydrogen (secondary N) is 6. The van der Waals surface area contributed by atoms with Crippen LogP contribution < -0.4 is 37.6 Å². The van der Waals surface area contributed by atoms with Crippen molar-refractivity contribution in [3.05, 3.63) is 35.9 Å². The van der Waals surface area contributed by atoms with Gasteiger partial charge in [-0.3, -0.25) is 29.0 Å². The Labute approximate surface area is 276 Å². The number of aliphatic carboxylic acids is 1. The van der Waals surface area contributed by atoms with Crippen LogP contribution in [0.4, 0.5) is 13.2 Å². The number of hydrogen-bond acceptors (Lipinski definition) is 7. The number of carboxylic acids is 1. The summed E-state index contributed by atoms with van der Waals surface area (Å²) in [5.74, 6) is -5.43. The second-order valence-electron chi connectivity index (χ2n) is 11.3. The van der Waals surface area contributed by atoms with Crippen molar-refractivity contribution in [3.8, 4) is 0 Å². The molecule has 0 spiro atoms. The van der Waals surface area contributed by atoms with Crippen LogP contribution in [0.2, 0.25) is 0 Å². The van der Waals surface area contributed by atoms with Crippen molar-refractivity contribution in [2.24, 2.45) is 16.6 Å². The summed E-state index contributed by atoms with van der Waals surface area (Å²) in [6.07, 6.45) is -4.14. The first-order chi connectivity index (χ1) is 22.4. The first-order valence-corrected chi connectivity index (χ1v) is 15.2. The van der Waals surface area contributed by atoms with Crippen molar-refractivity contribution < 1.29 is 47.0 Å². The lowest BCUT2D eigenvalue weighted by Gasteiger charge is -2.33. The minimum Gasteiger partial charge on any atom is -0.475 e. The molecule has 0 aromatic heterocycles. The molecule has 15 nitrogen and oxygen atoms in total. The Bertz CT molecular complexity index is 1310. The van der Waals surface area contributed by atoms with Gasteiger partial charge in [-0.25, -0.2) is 4.79 Å². The number of benzene rings is 1. The molecule has 48 heavy (non-hydrogen) atoms. The van der Waals surface area contributed by atoms with Gasteiger partial charge in [0.2, 0.25) is 29.5 Å². The summed E-state index contributed by atoms with van der Waals surface area (Å²) in [4.78, 5) is 79.0. The van der Waals surface area contributed by atoms with E-state index in [0.717, 1.165) is 0 Å². The van der Waals surface area contributed by atoms with Gasteiger partial charge < -0.3 is 42.7 Å². The second kappa shape index (κ2) is 19.0. The molecule has 2 rings (SSSR count). The summed E-state index contributed by atoms with van der Waals surface area (Å²) in [5.41, 5.74) is 4.80. The maximum atomic E-state index is 13.6. The Morgan fingerprint density at radius 1 is 1.04 bits per heavy atom. The van der Waals surface area contributed by atoms with Gasteiger partial charge in [0.25, 0.3) is 0 Å². The fourth-order valence-electron chi connectivity index (χ4n) is 4.19. The summed E-state index contributed by atoms with van der Waals surface area (Å²) in [6, 6.07) is 5.72. The van der Waals surface area contributed by atoms with E-state index in [9.17, 15) is 37.1 Å². The average molecular weight is 687 g/mol. The predicted octanol–water partition coefficient (Wildman–Crippen LogP) is 0.222. The predicted molar refractivity (Wildman–Crippen MR) is 169 cm³/mol. The van der Waals surface area contributed by atoms with Crippen molar-refractivity contribution >= 4 is 41.5 Å². The van der Waals surface area contributed by atoms with Crippen LogP contribution in [0.25, 0.3) is 0 Å². The average Bonchev–Trinajstić information content (AvgIpc) is 3.02. The molecule has 4 atom stereocenters. The molecule has 0 radical (unpaired) electrons. The molecule has 0 bridgehead atoms. The summed E-state index contributed by atoms with van der Waals surface area (Å²) in [7, 11) is 1.54. The minimum absolute atomic E-state index is 0.0218. The van der Waals surface area contributed by atoms with E-state index in [-0.39, 0.29) is 37.7 Å². The van der Waals surface area contributed by atoms with Crippen molar-refractivity contribution in [1.82, 2.24) is 31.9 Å². The smallest absolute Gasteiger partial charge is 0.475 e. The highest BCUT2D eigenvalue weighted by Gasteiger charge is 2.39. The van der Waals surface area contributed by atoms with E-state index < -0.39 is 65.4 Å². The first kappa shape index (κ1) is 41.1. The first-order valence-electron chi connectivity index (χ1n) is 15.2. The summed E-state index contributed by atoms with van der Waals surface area (Å²) < 4.78 is 31.7. The number of rotatable bonds is 8. The lowest BCUT2D eigenvalue weighted by Crippen LogP contribution is -2.63. The molecule has 1 heterocycles. The number of halogens is 3. The van der Waals surface area contributed by atoms with E-state index in [1.807, 2.05) is 0 Å². The van der Waals surface area contributed by atoms with Gasteiger partial charge in [0.1, 0.15) is 23.7 Å². The van der Waals surface area contributed by atoms with Crippen LogP contribution >= 0.6 is 0 Å². The molecule has 1 aromatic carbocycles. The normalized spacial score (nSPS) is 22.9. The number of nitrogens with two attached hydrogens (primary N) is 1. The molecule has 5 amide bonds. The number of nitrogens with zero attached hydrogens (tertiary/aromatic N) is 1. The third-order valence-corrected chi connectivity index (χ3v) is 7.15. The number of aliphatic imine (C=N–C) groups is 1. The van der Waals surface area contributed by atoms with Gasteiger partial charge in [-0.1, -0.05) is 51.1 Å². The van der Waals surface area contributed by atoms with Gasteiger partial charge in [0.15, 0.2) is 5.96 Å². The zero-order chi connectivity index (χ0) is 36.7. The molecule has 0 saturated carbocycles. The molecule has 0 aliphatic carbocycles. The van der Waals surface area contributed by atoms with E-state index in [1.165, 1.54) is 0 Å². The summed E-state index contributed by atoms with van der Waals surface area (Å²) in [6.45, 7) is 7.11. The van der Waals surface area contributed by atoms with Crippen molar-refractivity contribution in [1.29, 1.82) is 0 Å². The van der Waals surface area contributed by atoms with E-state index in [4.69, 9.17) is 15.6 Å². The maximum Gasteiger partial charge on any atom is 0.490 e. The fourth-order valence-corrected chi connectivity index (χ4v) is 4.19. The lowest BCUT2D eigenvalue weighted by molar-refractivity contribution is -0.192. The molecule has 268 valence electrons. The van der Waals surface area contributed by atoms with Gasteiger partial charge in [0, 0.05) is 26.1 Å². The maximum absolute atomic E-state index is 13.6. The highest BCUT2D eigenvalue weighted by molar-refractivity contribution is 5.97. The number of carboxylic acid groups (broad SMARTS) is 1. The largest absolute Gasteiger partial charge is 0.490 e. The fraction of sp³-hybridized carbons (Fsp3) is 0.567. The quantitative estimate of drug-likeness (QED) is 0.106. The molecular formula is C30H45F3N8O7. The Kier molecular flexibility index (Phi) is 16.3. The molecular weight excluding hydrogens is 641 g/mol. The zero-order valence-electron chi connectivity index (χ0n) is 27.5. The topological polar surface area (TPSA) is 233 Å². The zero-order valence-corrected chi connectivity index (χ0v) is 27.5. The number of carbonyl (C=O) groups excluding carboxylic acids is 5. The monoisotopic (exact) mass is 686 g/mol. The van der Waals surface area contributed by atoms with Gasteiger partial charge in [-0.05, 0) is 38.2 Å². The third-order valence-electron chi connectivity index (χ3n) is 7.15. The molecule has 9 N–H and O–H groups in total. The molecule has 18 heteroatoms. The highest BCUT2D eigenvalue weighted by atomic mass is 19.4.